The van der Waals surface area contributed by atoms with Crippen LogP contribution in [0.1, 0.15) is 5.56 Å². The zero-order valence-corrected chi connectivity index (χ0v) is 7.54. The van der Waals surface area contributed by atoms with Crippen LogP contribution in [-0.2, 0) is 0 Å². The number of aryl methyl sites for hydroxylation is 1. The van der Waals surface area contributed by atoms with Gasteiger partial charge in [-0.2, -0.15) is 0 Å². The van der Waals surface area contributed by atoms with Crippen molar-refractivity contribution in [3.8, 4) is 0 Å². The third-order valence-corrected chi connectivity index (χ3v) is 2.19. The van der Waals surface area contributed by atoms with Crippen LogP contribution < -0.4 is 0 Å². The Morgan fingerprint density at radius 1 is 1.55 bits per heavy atom. The Balaban J connectivity index is 3.14. The maximum Gasteiger partial charge on any atom is 0.0378 e. The van der Waals surface area contributed by atoms with Crippen LogP contribution >= 0.6 is 15.9 Å². The predicted octanol–water partition coefficient (Wildman–Crippen LogP) is 3.70. The van der Waals surface area contributed by atoms with Gasteiger partial charge in [-0.15, -0.1) is 0 Å². The van der Waals surface area contributed by atoms with Crippen LogP contribution in [0.4, 0.5) is 5.69 Å². The first-order chi connectivity index (χ1) is 5.24. The van der Waals surface area contributed by atoms with Crippen LogP contribution in [0.15, 0.2) is 27.8 Å². The number of halogens is 1. The summed E-state index contributed by atoms with van der Waals surface area (Å²) in [6, 6.07) is 5.44. The first kappa shape index (κ1) is 8.11. The molecule has 11 heavy (non-hydrogen) atoms. The van der Waals surface area contributed by atoms with Gasteiger partial charge in [-0.3, -0.25) is 0 Å². The number of nitrogens with zero attached hydrogens (tertiary/aromatic N) is 3. The van der Waals surface area contributed by atoms with Crippen LogP contribution in [0.25, 0.3) is 10.4 Å². The fraction of sp³-hybridized carbons (Fsp3) is 0.143. The lowest BCUT2D eigenvalue weighted by Gasteiger charge is -1.96. The monoisotopic (exact) mass is 211 g/mol. The Labute approximate surface area is 72.8 Å². The molecule has 0 saturated carbocycles. The van der Waals surface area contributed by atoms with E-state index in [1.807, 2.05) is 19.1 Å². The molecule has 1 aromatic carbocycles. The Bertz CT molecular complexity index is 315. The Morgan fingerprint density at radius 3 is 2.82 bits per heavy atom. The summed E-state index contributed by atoms with van der Waals surface area (Å²) in [5, 5.41) is 3.47. The molecule has 3 nitrogen and oxygen atoms in total. The van der Waals surface area contributed by atoms with E-state index in [4.69, 9.17) is 5.53 Å². The molecule has 0 aliphatic carbocycles. The zero-order chi connectivity index (χ0) is 8.27. The highest BCUT2D eigenvalue weighted by atomic mass is 79.9. The predicted molar refractivity (Wildman–Crippen MR) is 47.7 cm³/mol. The van der Waals surface area contributed by atoms with Gasteiger partial charge in [0.25, 0.3) is 0 Å². The van der Waals surface area contributed by atoms with Crippen molar-refractivity contribution in [2.75, 3.05) is 0 Å². The van der Waals surface area contributed by atoms with Gasteiger partial charge < -0.3 is 0 Å². The van der Waals surface area contributed by atoms with E-state index in [9.17, 15) is 0 Å². The van der Waals surface area contributed by atoms with E-state index >= 15 is 0 Å². The molecule has 0 N–H and O–H groups in total. The van der Waals surface area contributed by atoms with E-state index < -0.39 is 0 Å². The van der Waals surface area contributed by atoms with Gasteiger partial charge in [-0.25, -0.2) is 0 Å². The molecule has 1 aromatic rings. The highest BCUT2D eigenvalue weighted by Crippen LogP contribution is 2.21. The van der Waals surface area contributed by atoms with Crippen molar-refractivity contribution in [3.63, 3.8) is 0 Å². The molecule has 0 unspecified atom stereocenters. The zero-order valence-electron chi connectivity index (χ0n) is 5.95. The van der Waals surface area contributed by atoms with Gasteiger partial charge in [0.15, 0.2) is 0 Å². The Morgan fingerprint density at radius 2 is 2.27 bits per heavy atom. The SMILES string of the molecule is Cc1cc(N=[N+]=[N-])ccc1Br. The van der Waals surface area contributed by atoms with Gasteiger partial charge in [0.1, 0.15) is 0 Å². The van der Waals surface area contributed by atoms with Crippen LogP contribution in [-0.4, -0.2) is 0 Å². The summed E-state index contributed by atoms with van der Waals surface area (Å²) in [7, 11) is 0. The minimum absolute atomic E-state index is 0.646. The van der Waals surface area contributed by atoms with Crippen molar-refractivity contribution in [1.82, 2.24) is 0 Å². The lowest BCUT2D eigenvalue weighted by Crippen LogP contribution is -1.72. The van der Waals surface area contributed by atoms with E-state index in [-0.39, 0.29) is 0 Å². The van der Waals surface area contributed by atoms with Crippen molar-refractivity contribution in [3.05, 3.63) is 38.7 Å². The van der Waals surface area contributed by atoms with Crippen molar-refractivity contribution < 1.29 is 0 Å². The summed E-state index contributed by atoms with van der Waals surface area (Å²) in [5.74, 6) is 0. The molecule has 0 heterocycles. The Kier molecular flexibility index (Phi) is 2.52. The highest BCUT2D eigenvalue weighted by molar-refractivity contribution is 9.10. The second kappa shape index (κ2) is 3.42. The fourth-order valence-electron chi connectivity index (χ4n) is 0.743. The number of rotatable bonds is 1. The van der Waals surface area contributed by atoms with E-state index in [0.29, 0.717) is 5.69 Å². The van der Waals surface area contributed by atoms with E-state index in [1.54, 1.807) is 6.07 Å². The largest absolute Gasteiger partial charge is 0.0608 e. The number of hydrogen-bond acceptors (Lipinski definition) is 1. The summed E-state index contributed by atoms with van der Waals surface area (Å²) < 4.78 is 1.02. The van der Waals surface area contributed by atoms with Gasteiger partial charge in [-0.1, -0.05) is 27.1 Å². The molecule has 0 spiro atoms. The average molecular weight is 212 g/mol. The quantitative estimate of drug-likeness (QED) is 0.387. The summed E-state index contributed by atoms with van der Waals surface area (Å²) in [4.78, 5) is 2.69. The molecule has 0 aromatic heterocycles. The summed E-state index contributed by atoms with van der Waals surface area (Å²) in [6.07, 6.45) is 0. The van der Waals surface area contributed by atoms with Gasteiger partial charge >= 0.3 is 0 Å². The molecule has 1 rings (SSSR count). The maximum absolute atomic E-state index is 8.13. The molecular weight excluding hydrogens is 206 g/mol. The molecule has 0 radical (unpaired) electrons. The van der Waals surface area contributed by atoms with Gasteiger partial charge in [0, 0.05) is 15.1 Å². The minimum Gasteiger partial charge on any atom is -0.0608 e. The average Bonchev–Trinajstić information content (AvgIpc) is 1.98. The number of benzene rings is 1. The molecular formula is C7H6BrN3. The number of azide groups is 1. The van der Waals surface area contributed by atoms with Crippen LogP contribution in [0.5, 0.6) is 0 Å². The molecule has 0 fully saturated rings. The molecule has 0 aliphatic rings. The van der Waals surface area contributed by atoms with Crippen molar-refractivity contribution >= 4 is 21.6 Å². The highest BCUT2D eigenvalue weighted by Gasteiger charge is 1.93. The molecule has 56 valence electrons. The van der Waals surface area contributed by atoms with Crippen LogP contribution in [0.3, 0.4) is 0 Å². The third-order valence-electron chi connectivity index (χ3n) is 1.30. The standard InChI is InChI=1S/C7H6BrN3/c1-5-4-6(10-11-9)2-3-7(5)8/h2-4H,1H3. The van der Waals surface area contributed by atoms with Crippen LogP contribution in [0, 0.1) is 6.92 Å². The molecule has 0 saturated heterocycles. The maximum atomic E-state index is 8.13. The Hall–Kier alpha value is -0.990. The van der Waals surface area contributed by atoms with Crippen LogP contribution in [0.2, 0.25) is 0 Å². The topological polar surface area (TPSA) is 48.8 Å². The van der Waals surface area contributed by atoms with Gasteiger partial charge in [0.05, 0.1) is 0 Å². The molecule has 0 aliphatic heterocycles. The van der Waals surface area contributed by atoms with E-state index in [2.05, 4.69) is 26.0 Å². The minimum atomic E-state index is 0.646. The number of hydrogen-bond donors (Lipinski definition) is 0. The summed E-state index contributed by atoms with van der Waals surface area (Å²) >= 11 is 3.35. The molecule has 0 bridgehead atoms. The van der Waals surface area contributed by atoms with E-state index in [1.165, 1.54) is 0 Å². The second-order valence-corrected chi connectivity index (χ2v) is 2.98. The van der Waals surface area contributed by atoms with Crippen molar-refractivity contribution in [1.29, 1.82) is 0 Å². The van der Waals surface area contributed by atoms with Crippen molar-refractivity contribution in [2.45, 2.75) is 6.92 Å². The van der Waals surface area contributed by atoms with E-state index in [0.717, 1.165) is 10.0 Å². The smallest absolute Gasteiger partial charge is 0.0378 e. The third kappa shape index (κ3) is 1.97. The van der Waals surface area contributed by atoms with Crippen molar-refractivity contribution in [2.24, 2.45) is 5.11 Å². The lowest BCUT2D eigenvalue weighted by molar-refractivity contribution is 1.38. The molecule has 0 atom stereocenters. The van der Waals surface area contributed by atoms with Gasteiger partial charge in [-0.05, 0) is 30.2 Å². The first-order valence-electron chi connectivity index (χ1n) is 3.05. The normalized spacial score (nSPS) is 8.91. The first-order valence-corrected chi connectivity index (χ1v) is 3.84. The fourth-order valence-corrected chi connectivity index (χ4v) is 0.989. The summed E-state index contributed by atoms with van der Waals surface area (Å²) in [5.41, 5.74) is 9.84. The van der Waals surface area contributed by atoms with Gasteiger partial charge in [0.2, 0.25) is 0 Å². The second-order valence-electron chi connectivity index (χ2n) is 2.12. The molecule has 0 amide bonds. The lowest BCUT2D eigenvalue weighted by atomic mass is 10.2. The summed E-state index contributed by atoms with van der Waals surface area (Å²) in [6.45, 7) is 1.94. The molecule has 4 heteroatoms.